The number of carbonyl (C=O) groups is 6. The Balaban J connectivity index is -0.000000130. The van der Waals surface area contributed by atoms with E-state index in [-0.39, 0.29) is 71.0 Å². The van der Waals surface area contributed by atoms with Crippen LogP contribution in [-0.4, -0.2) is 34.7 Å². The van der Waals surface area contributed by atoms with Crippen LogP contribution < -0.4 is 0 Å². The van der Waals surface area contributed by atoms with E-state index in [1.807, 2.05) is 0 Å². The summed E-state index contributed by atoms with van der Waals surface area (Å²) in [4.78, 5) is 61.8. The van der Waals surface area contributed by atoms with Crippen molar-refractivity contribution in [2.45, 2.75) is 80.1 Å². The van der Waals surface area contributed by atoms with Gasteiger partial charge in [0.05, 0.1) is 19.3 Å². The van der Waals surface area contributed by atoms with Gasteiger partial charge in [0.25, 0.3) is 0 Å². The van der Waals surface area contributed by atoms with E-state index < -0.39 is 0 Å². The molecule has 0 bridgehead atoms. The minimum atomic E-state index is -0.0446. The second-order valence-corrected chi connectivity index (χ2v) is 5.31. The van der Waals surface area contributed by atoms with Crippen LogP contribution in [0.3, 0.4) is 0 Å². The summed E-state index contributed by atoms with van der Waals surface area (Å²) in [5.74, 6) is -0.0574. The molecule has 7 heteroatoms. The first-order chi connectivity index (χ1) is 11.0. The van der Waals surface area contributed by atoms with Crippen LogP contribution in [0.5, 0.6) is 0 Å². The maximum absolute atomic E-state index is 10.4. The fourth-order valence-corrected chi connectivity index (χ4v) is 1.21. The fraction of sp³-hybridized carbons (Fsp3) is 0.667. The third kappa shape index (κ3) is 34.8. The number of rotatable bonds is 9. The molecule has 0 aromatic carbocycles. The molecule has 25 heavy (non-hydrogen) atoms. The van der Waals surface area contributed by atoms with Crippen molar-refractivity contribution in [3.8, 4) is 0 Å². The van der Waals surface area contributed by atoms with E-state index in [1.165, 1.54) is 20.8 Å². The van der Waals surface area contributed by atoms with E-state index in [4.69, 9.17) is 0 Å². The monoisotopic (exact) mass is 397 g/mol. The molecule has 1 radical (unpaired) electrons. The van der Waals surface area contributed by atoms with Gasteiger partial charge >= 0.3 is 0 Å². The van der Waals surface area contributed by atoms with Gasteiger partial charge in [0.2, 0.25) is 0 Å². The van der Waals surface area contributed by atoms with E-state index in [2.05, 4.69) is 0 Å². The Labute approximate surface area is 161 Å². The third-order valence-corrected chi connectivity index (χ3v) is 2.52. The summed E-state index contributed by atoms with van der Waals surface area (Å²) < 4.78 is 0. The van der Waals surface area contributed by atoms with Crippen LogP contribution in [0.4, 0.5) is 0 Å². The number of hydrogen-bond donors (Lipinski definition) is 0. The van der Waals surface area contributed by atoms with Crippen LogP contribution >= 0.6 is 0 Å². The van der Waals surface area contributed by atoms with Crippen LogP contribution in [-0.2, 0) is 45.8 Å². The average molecular weight is 397 g/mol. The van der Waals surface area contributed by atoms with Crippen LogP contribution in [0.1, 0.15) is 80.1 Å². The van der Waals surface area contributed by atoms with Gasteiger partial charge in [-0.15, -0.1) is 0 Å². The van der Waals surface area contributed by atoms with Gasteiger partial charge in [-0.05, 0) is 20.8 Å². The average Bonchev–Trinajstić information content (AvgIpc) is 2.46. The van der Waals surface area contributed by atoms with Crippen molar-refractivity contribution < 1.29 is 45.8 Å². The van der Waals surface area contributed by atoms with Gasteiger partial charge in [0, 0.05) is 36.3 Å². The van der Waals surface area contributed by atoms with Crippen molar-refractivity contribution in [3.63, 3.8) is 0 Å². The normalized spacial score (nSPS) is 8.40. The van der Waals surface area contributed by atoms with Crippen molar-refractivity contribution in [2.75, 3.05) is 0 Å². The summed E-state index contributed by atoms with van der Waals surface area (Å²) in [7, 11) is 0. The minimum absolute atomic E-state index is 0. The molecule has 0 heterocycles. The fourth-order valence-electron chi connectivity index (χ4n) is 1.21. The molecule has 0 spiro atoms. The first-order valence-electron chi connectivity index (χ1n) is 8.03. The maximum Gasteiger partial charge on any atom is 0.139 e. The minimum Gasteiger partial charge on any atom is -0.300 e. The van der Waals surface area contributed by atoms with Gasteiger partial charge in [-0.2, -0.15) is 0 Å². The van der Waals surface area contributed by atoms with Crippen molar-refractivity contribution in [1.29, 1.82) is 0 Å². The Morgan fingerprint density at radius 2 is 0.640 bits per heavy atom. The smallest absolute Gasteiger partial charge is 0.139 e. The second kappa shape index (κ2) is 20.6. The zero-order valence-electron chi connectivity index (χ0n) is 16.1. The summed E-state index contributed by atoms with van der Waals surface area (Å²) in [6.45, 7) is 9.54. The van der Waals surface area contributed by atoms with Gasteiger partial charge in [-0.25, -0.2) is 0 Å². The van der Waals surface area contributed by atoms with Gasteiger partial charge < -0.3 is 0 Å². The molecule has 0 aromatic rings. The maximum atomic E-state index is 10.4. The van der Waals surface area contributed by atoms with Crippen molar-refractivity contribution in [2.24, 2.45) is 0 Å². The van der Waals surface area contributed by atoms with Crippen LogP contribution in [0.2, 0.25) is 0 Å². The molecule has 0 N–H and O–H groups in total. The topological polar surface area (TPSA) is 102 Å². The SMILES string of the molecule is CCC(=O)CC(C)=O.CCC(=O)CC(C)=O.CCC(=O)CC(C)=O.[Mn]. The summed E-state index contributed by atoms with van der Waals surface area (Å²) in [6.07, 6.45) is 1.74. The molecule has 0 fully saturated rings. The van der Waals surface area contributed by atoms with Gasteiger partial charge in [0.15, 0.2) is 0 Å². The zero-order chi connectivity index (χ0) is 19.7. The number of ketones is 6. The van der Waals surface area contributed by atoms with Crippen LogP contribution in [0, 0.1) is 0 Å². The predicted molar refractivity (Wildman–Crippen MR) is 91.8 cm³/mol. The largest absolute Gasteiger partial charge is 0.300 e. The van der Waals surface area contributed by atoms with E-state index in [0.717, 1.165) is 0 Å². The molecule has 0 rings (SSSR count). The Kier molecular flexibility index (Phi) is 25.8. The Morgan fingerprint density at radius 1 is 0.480 bits per heavy atom. The molecule has 0 saturated carbocycles. The van der Waals surface area contributed by atoms with Crippen LogP contribution in [0.15, 0.2) is 0 Å². The standard InChI is InChI=1S/3C6H10O2.Mn/c3*1-3-6(8)4-5(2)7;/h3*3-4H2,1-2H3;. The Hall–Kier alpha value is -1.46. The summed E-state index contributed by atoms with van der Waals surface area (Å²) in [6, 6.07) is 0. The molecular formula is C18H30MnO6. The number of hydrogen-bond acceptors (Lipinski definition) is 6. The van der Waals surface area contributed by atoms with Crippen LogP contribution in [0.25, 0.3) is 0 Å². The molecule has 0 aliphatic heterocycles. The molecule has 0 aliphatic carbocycles. The predicted octanol–water partition coefficient (Wildman–Crippen LogP) is 2.83. The van der Waals surface area contributed by atoms with E-state index >= 15 is 0 Å². The molecule has 6 nitrogen and oxygen atoms in total. The molecular weight excluding hydrogens is 367 g/mol. The van der Waals surface area contributed by atoms with Crippen molar-refractivity contribution in [1.82, 2.24) is 0 Å². The Morgan fingerprint density at radius 3 is 0.680 bits per heavy atom. The summed E-state index contributed by atoms with van der Waals surface area (Å²) in [5.41, 5.74) is 0. The first kappa shape index (κ1) is 31.3. The quantitative estimate of drug-likeness (QED) is 0.438. The molecule has 0 atom stereocenters. The van der Waals surface area contributed by atoms with Gasteiger partial charge in [0.1, 0.15) is 34.7 Å². The van der Waals surface area contributed by atoms with Crippen molar-refractivity contribution >= 4 is 34.7 Å². The number of Topliss-reactive ketones (excluding diaryl/α,β-unsaturated/α-hetero) is 6. The van der Waals surface area contributed by atoms with E-state index in [1.54, 1.807) is 20.8 Å². The molecule has 0 unspecified atom stereocenters. The molecule has 0 aromatic heterocycles. The summed E-state index contributed by atoms with van der Waals surface area (Å²) in [5, 5.41) is 0. The third-order valence-electron chi connectivity index (χ3n) is 2.52. The van der Waals surface area contributed by atoms with E-state index in [9.17, 15) is 28.8 Å². The van der Waals surface area contributed by atoms with E-state index in [0.29, 0.717) is 19.3 Å². The summed E-state index contributed by atoms with van der Waals surface area (Å²) >= 11 is 0. The second-order valence-electron chi connectivity index (χ2n) is 5.31. The van der Waals surface area contributed by atoms with Gasteiger partial charge in [-0.1, -0.05) is 20.8 Å². The van der Waals surface area contributed by atoms with Crippen molar-refractivity contribution in [3.05, 3.63) is 0 Å². The van der Waals surface area contributed by atoms with Gasteiger partial charge in [-0.3, -0.25) is 28.8 Å². The molecule has 0 aliphatic rings. The zero-order valence-corrected chi connectivity index (χ0v) is 17.3. The number of carbonyl (C=O) groups excluding carboxylic acids is 6. The molecule has 145 valence electrons. The molecule has 0 amide bonds. The Bertz CT molecular complexity index is 388. The first-order valence-corrected chi connectivity index (χ1v) is 8.03. The molecule has 0 saturated heterocycles.